The smallest absolute Gasteiger partial charge is 0.167 e. The van der Waals surface area contributed by atoms with Gasteiger partial charge >= 0.3 is 0 Å². The molecule has 0 aliphatic carbocycles. The van der Waals surface area contributed by atoms with E-state index in [2.05, 4.69) is 127 Å². The Morgan fingerprint density at radius 3 is 1.67 bits per heavy atom. The van der Waals surface area contributed by atoms with Crippen molar-refractivity contribution in [3.63, 3.8) is 0 Å². The molecule has 10 aromatic rings. The highest BCUT2D eigenvalue weighted by Gasteiger charge is 2.21. The zero-order valence-electron chi connectivity index (χ0n) is 27.5. The quantitative estimate of drug-likeness (QED) is 0.186. The molecule has 0 unspecified atom stereocenters. The van der Waals surface area contributed by atoms with Crippen LogP contribution in [0.4, 0.5) is 0 Å². The molecule has 238 valence electrons. The number of furan rings is 1. The molecule has 0 bridgehead atoms. The van der Waals surface area contributed by atoms with Gasteiger partial charge in [-0.15, -0.1) is 0 Å². The lowest BCUT2D eigenvalue weighted by Gasteiger charge is -2.10. The Morgan fingerprint density at radius 1 is 0.314 bits per heavy atom. The zero-order chi connectivity index (χ0) is 33.7. The van der Waals surface area contributed by atoms with Crippen LogP contribution in [-0.4, -0.2) is 15.0 Å². The van der Waals surface area contributed by atoms with E-state index < -0.39 is 0 Å². The molecule has 0 amide bonds. The van der Waals surface area contributed by atoms with Crippen LogP contribution in [-0.2, 0) is 0 Å². The highest BCUT2D eigenvalue weighted by atomic mass is 16.3. The Kier molecular flexibility index (Phi) is 6.78. The molecule has 0 spiro atoms. The number of rotatable bonds is 5. The van der Waals surface area contributed by atoms with E-state index in [0.29, 0.717) is 17.5 Å². The van der Waals surface area contributed by atoms with Crippen molar-refractivity contribution in [3.8, 4) is 56.4 Å². The molecule has 4 nitrogen and oxygen atoms in total. The zero-order valence-corrected chi connectivity index (χ0v) is 27.5. The van der Waals surface area contributed by atoms with E-state index in [9.17, 15) is 0 Å². The summed E-state index contributed by atoms with van der Waals surface area (Å²) in [5, 5.41) is 6.68. The molecule has 2 heterocycles. The fourth-order valence-electron chi connectivity index (χ4n) is 7.20. The number of hydrogen-bond acceptors (Lipinski definition) is 4. The van der Waals surface area contributed by atoms with Gasteiger partial charge in [0.2, 0.25) is 0 Å². The lowest BCUT2D eigenvalue weighted by molar-refractivity contribution is 0.671. The summed E-state index contributed by atoms with van der Waals surface area (Å²) in [5.41, 5.74) is 8.80. The number of benzene rings is 8. The summed E-state index contributed by atoms with van der Waals surface area (Å²) in [6.07, 6.45) is 0. The molecule has 8 aromatic carbocycles. The van der Waals surface area contributed by atoms with Crippen LogP contribution in [0.15, 0.2) is 180 Å². The molecule has 0 fully saturated rings. The summed E-state index contributed by atoms with van der Waals surface area (Å²) in [4.78, 5) is 15.3. The van der Waals surface area contributed by atoms with Crippen molar-refractivity contribution < 1.29 is 4.42 Å². The van der Waals surface area contributed by atoms with Gasteiger partial charge in [0, 0.05) is 27.5 Å². The number of para-hydroxylation sites is 1. The fourth-order valence-corrected chi connectivity index (χ4v) is 7.20. The normalized spacial score (nSPS) is 11.5. The molecule has 10 rings (SSSR count). The van der Waals surface area contributed by atoms with Gasteiger partial charge in [0.1, 0.15) is 11.2 Å². The van der Waals surface area contributed by atoms with Crippen LogP contribution in [0.5, 0.6) is 0 Å². The summed E-state index contributed by atoms with van der Waals surface area (Å²) in [7, 11) is 0. The lowest BCUT2D eigenvalue weighted by Crippen LogP contribution is -2.00. The van der Waals surface area contributed by atoms with Crippen LogP contribution in [0, 0.1) is 0 Å². The maximum Gasteiger partial charge on any atom is 0.167 e. The van der Waals surface area contributed by atoms with Crippen molar-refractivity contribution in [2.75, 3.05) is 0 Å². The first-order valence-electron chi connectivity index (χ1n) is 17.1. The Morgan fingerprint density at radius 2 is 0.902 bits per heavy atom. The van der Waals surface area contributed by atoms with Crippen molar-refractivity contribution in [3.05, 3.63) is 176 Å². The number of fused-ring (bicyclic) bond motifs is 5. The molecule has 0 N–H and O–H groups in total. The Hall–Kier alpha value is -6.91. The molecule has 0 saturated carbocycles. The van der Waals surface area contributed by atoms with E-state index in [0.717, 1.165) is 71.3 Å². The third kappa shape index (κ3) is 5.04. The van der Waals surface area contributed by atoms with Crippen LogP contribution in [0.2, 0.25) is 0 Å². The van der Waals surface area contributed by atoms with Crippen molar-refractivity contribution >= 4 is 43.5 Å². The number of nitrogens with zero attached hydrogens (tertiary/aromatic N) is 3. The second-order valence-corrected chi connectivity index (χ2v) is 12.8. The van der Waals surface area contributed by atoms with Crippen LogP contribution >= 0.6 is 0 Å². The van der Waals surface area contributed by atoms with Gasteiger partial charge in [0.25, 0.3) is 0 Å². The largest absolute Gasteiger partial charge is 0.455 e. The number of aromatic nitrogens is 3. The maximum atomic E-state index is 6.94. The molecular formula is C47H29N3O. The minimum Gasteiger partial charge on any atom is -0.455 e. The molecule has 0 aliphatic heterocycles. The average Bonchev–Trinajstić information content (AvgIpc) is 3.58. The molecule has 4 heteroatoms. The minimum absolute atomic E-state index is 0.562. The van der Waals surface area contributed by atoms with E-state index >= 15 is 0 Å². The van der Waals surface area contributed by atoms with E-state index in [1.165, 1.54) is 11.1 Å². The van der Waals surface area contributed by atoms with Crippen molar-refractivity contribution in [2.45, 2.75) is 0 Å². The number of hydrogen-bond donors (Lipinski definition) is 0. The minimum atomic E-state index is 0.562. The summed E-state index contributed by atoms with van der Waals surface area (Å²) in [6, 6.07) is 61.0. The maximum absolute atomic E-state index is 6.94. The summed E-state index contributed by atoms with van der Waals surface area (Å²) < 4.78 is 6.94. The highest BCUT2D eigenvalue weighted by Crippen LogP contribution is 2.43. The van der Waals surface area contributed by atoms with Crippen molar-refractivity contribution in [2.24, 2.45) is 0 Å². The van der Waals surface area contributed by atoms with Gasteiger partial charge in [-0.1, -0.05) is 152 Å². The SMILES string of the molecule is c1ccc(-c2ccc3ccc(-c4nc(-c5ccccc5)nc(-c5cccc6c5oc5c(-c7ccccc7)c7ccccc7cc56)n4)cc3c2)cc1. The predicted molar refractivity (Wildman–Crippen MR) is 209 cm³/mol. The van der Waals surface area contributed by atoms with Gasteiger partial charge in [-0.25, -0.2) is 15.0 Å². The van der Waals surface area contributed by atoms with Gasteiger partial charge in [0.15, 0.2) is 17.5 Å². The van der Waals surface area contributed by atoms with Gasteiger partial charge in [-0.3, -0.25) is 0 Å². The first-order valence-corrected chi connectivity index (χ1v) is 17.1. The molecule has 0 atom stereocenters. The topological polar surface area (TPSA) is 51.8 Å². The molecule has 51 heavy (non-hydrogen) atoms. The van der Waals surface area contributed by atoms with Gasteiger partial charge < -0.3 is 4.42 Å². The molecule has 0 saturated heterocycles. The molecule has 0 aliphatic rings. The second-order valence-electron chi connectivity index (χ2n) is 12.8. The fraction of sp³-hybridized carbons (Fsp3) is 0. The van der Waals surface area contributed by atoms with Crippen molar-refractivity contribution in [1.29, 1.82) is 0 Å². The third-order valence-electron chi connectivity index (χ3n) is 9.69. The molecule has 0 radical (unpaired) electrons. The van der Waals surface area contributed by atoms with Crippen LogP contribution in [0.25, 0.3) is 99.9 Å². The van der Waals surface area contributed by atoms with Gasteiger partial charge in [-0.2, -0.15) is 0 Å². The summed E-state index contributed by atoms with van der Waals surface area (Å²) in [6.45, 7) is 0. The summed E-state index contributed by atoms with van der Waals surface area (Å²) >= 11 is 0. The van der Waals surface area contributed by atoms with E-state index in [4.69, 9.17) is 19.4 Å². The monoisotopic (exact) mass is 651 g/mol. The average molecular weight is 652 g/mol. The Bertz CT molecular complexity index is 2900. The van der Waals surface area contributed by atoms with E-state index in [1.54, 1.807) is 0 Å². The Balaban J connectivity index is 1.20. The van der Waals surface area contributed by atoms with E-state index in [-0.39, 0.29) is 0 Å². The lowest BCUT2D eigenvalue weighted by atomic mass is 9.95. The molecule has 2 aromatic heterocycles. The van der Waals surface area contributed by atoms with Crippen molar-refractivity contribution in [1.82, 2.24) is 15.0 Å². The highest BCUT2D eigenvalue weighted by molar-refractivity contribution is 6.19. The van der Waals surface area contributed by atoms with Crippen LogP contribution in [0.1, 0.15) is 0 Å². The third-order valence-corrected chi connectivity index (χ3v) is 9.69. The standard InChI is InChI=1S/C47H29N3O/c1-4-13-30(14-5-1)34-25-23-31-24-26-36(28-37(31)27-34)46-48-45(33-17-8-3-9-18-33)49-47(50-46)40-22-12-21-39-41-29-35-19-10-11-20-38(35)42(44(41)51-43(39)40)32-15-6-2-7-16-32/h1-29H. The first kappa shape index (κ1) is 29.0. The van der Waals surface area contributed by atoms with Gasteiger partial charge in [0.05, 0.1) is 5.56 Å². The van der Waals surface area contributed by atoms with Gasteiger partial charge in [-0.05, 0) is 62.5 Å². The van der Waals surface area contributed by atoms with Crippen LogP contribution < -0.4 is 0 Å². The Labute approximate surface area is 294 Å². The van der Waals surface area contributed by atoms with E-state index in [1.807, 2.05) is 48.5 Å². The second kappa shape index (κ2) is 11.9. The molecular weight excluding hydrogens is 623 g/mol. The van der Waals surface area contributed by atoms with Crippen LogP contribution in [0.3, 0.4) is 0 Å². The predicted octanol–water partition coefficient (Wildman–Crippen LogP) is 12.4. The summed E-state index contributed by atoms with van der Waals surface area (Å²) in [5.74, 6) is 1.78. The first-order chi connectivity index (χ1) is 25.3.